The van der Waals surface area contributed by atoms with E-state index in [9.17, 15) is 14.9 Å². The fraction of sp³-hybridized carbons (Fsp3) is 0.269. The second-order valence-electron chi connectivity index (χ2n) is 8.35. The molecule has 1 fully saturated rings. The van der Waals surface area contributed by atoms with Gasteiger partial charge in [-0.1, -0.05) is 48.0 Å². The van der Waals surface area contributed by atoms with E-state index in [4.69, 9.17) is 16.3 Å². The van der Waals surface area contributed by atoms with Gasteiger partial charge in [0.2, 0.25) is 0 Å². The summed E-state index contributed by atoms with van der Waals surface area (Å²) in [5.74, 6) is 0.400. The SMILES string of the molecule is Cc1ccccc1CN1CCN(C(=O)c2ccc(COc3ccc([N+](=O)[O-])cc3Cl)cc2)CC1. The van der Waals surface area contributed by atoms with Crippen molar-refractivity contribution >= 4 is 23.2 Å². The minimum absolute atomic E-state index is 0.0291. The van der Waals surface area contributed by atoms with Gasteiger partial charge in [-0.15, -0.1) is 0 Å². The molecule has 3 aromatic carbocycles. The van der Waals surface area contributed by atoms with Gasteiger partial charge in [-0.3, -0.25) is 19.8 Å². The lowest BCUT2D eigenvalue weighted by atomic mass is 10.1. The lowest BCUT2D eigenvalue weighted by molar-refractivity contribution is -0.384. The Labute approximate surface area is 203 Å². The van der Waals surface area contributed by atoms with Crippen molar-refractivity contribution in [1.29, 1.82) is 0 Å². The average Bonchev–Trinajstić information content (AvgIpc) is 2.85. The van der Waals surface area contributed by atoms with Gasteiger partial charge in [0.25, 0.3) is 11.6 Å². The highest BCUT2D eigenvalue weighted by atomic mass is 35.5. The first-order valence-corrected chi connectivity index (χ1v) is 11.5. The number of nitrogens with zero attached hydrogens (tertiary/aromatic N) is 3. The van der Waals surface area contributed by atoms with Gasteiger partial charge in [-0.05, 0) is 41.8 Å². The van der Waals surface area contributed by atoms with Gasteiger partial charge < -0.3 is 9.64 Å². The van der Waals surface area contributed by atoms with Crippen LogP contribution >= 0.6 is 11.6 Å². The summed E-state index contributed by atoms with van der Waals surface area (Å²) in [4.78, 5) is 27.5. The number of benzene rings is 3. The van der Waals surface area contributed by atoms with Crippen molar-refractivity contribution < 1.29 is 14.5 Å². The summed E-state index contributed by atoms with van der Waals surface area (Å²) in [5, 5.41) is 11.0. The number of halogens is 1. The summed E-state index contributed by atoms with van der Waals surface area (Å²) in [5.41, 5.74) is 4.05. The Kier molecular flexibility index (Phi) is 7.45. The van der Waals surface area contributed by atoms with Crippen LogP contribution in [0.15, 0.2) is 66.7 Å². The lowest BCUT2D eigenvalue weighted by Crippen LogP contribution is -2.48. The van der Waals surface area contributed by atoms with Crippen LogP contribution < -0.4 is 4.74 Å². The first-order valence-electron chi connectivity index (χ1n) is 11.1. The molecule has 4 rings (SSSR count). The molecule has 8 heteroatoms. The zero-order valence-electron chi connectivity index (χ0n) is 18.9. The molecule has 0 bridgehead atoms. The van der Waals surface area contributed by atoms with Crippen molar-refractivity contribution in [1.82, 2.24) is 9.80 Å². The number of nitro groups is 1. The van der Waals surface area contributed by atoms with Gasteiger partial charge in [-0.2, -0.15) is 0 Å². The van der Waals surface area contributed by atoms with Crippen LogP contribution in [0.3, 0.4) is 0 Å². The van der Waals surface area contributed by atoms with Gasteiger partial charge in [-0.25, -0.2) is 0 Å². The molecular weight excluding hydrogens is 454 g/mol. The molecule has 3 aromatic rings. The molecule has 0 aromatic heterocycles. The number of ether oxygens (including phenoxy) is 1. The largest absolute Gasteiger partial charge is 0.487 e. The molecule has 0 aliphatic carbocycles. The molecule has 0 N–H and O–H groups in total. The fourth-order valence-corrected chi connectivity index (χ4v) is 4.17. The minimum atomic E-state index is -0.504. The normalized spacial score (nSPS) is 14.1. The van der Waals surface area contributed by atoms with Crippen LogP contribution in [0.1, 0.15) is 27.0 Å². The number of rotatable bonds is 7. The molecule has 176 valence electrons. The number of hydrogen-bond acceptors (Lipinski definition) is 5. The molecule has 1 amide bonds. The number of non-ortho nitro benzene ring substituents is 1. The zero-order valence-corrected chi connectivity index (χ0v) is 19.7. The molecule has 0 spiro atoms. The first-order chi connectivity index (χ1) is 16.4. The van der Waals surface area contributed by atoms with Crippen LogP contribution in [0.25, 0.3) is 0 Å². The maximum Gasteiger partial charge on any atom is 0.271 e. The molecular formula is C26H26ClN3O4. The van der Waals surface area contributed by atoms with E-state index >= 15 is 0 Å². The van der Waals surface area contributed by atoms with Crippen LogP contribution in [0.5, 0.6) is 5.75 Å². The average molecular weight is 480 g/mol. The molecule has 34 heavy (non-hydrogen) atoms. The highest BCUT2D eigenvalue weighted by Gasteiger charge is 2.22. The molecule has 0 unspecified atom stereocenters. The summed E-state index contributed by atoms with van der Waals surface area (Å²) in [6.45, 7) is 6.38. The van der Waals surface area contributed by atoms with Gasteiger partial charge >= 0.3 is 0 Å². The monoisotopic (exact) mass is 479 g/mol. The molecule has 0 atom stereocenters. The van der Waals surface area contributed by atoms with E-state index in [0.717, 1.165) is 25.2 Å². The van der Waals surface area contributed by atoms with Gasteiger partial charge in [0.05, 0.1) is 9.95 Å². The second kappa shape index (κ2) is 10.7. The Hall–Kier alpha value is -3.42. The van der Waals surface area contributed by atoms with E-state index in [1.807, 2.05) is 17.0 Å². The molecule has 0 radical (unpaired) electrons. The Morgan fingerprint density at radius 2 is 1.74 bits per heavy atom. The summed E-state index contributed by atoms with van der Waals surface area (Å²) in [7, 11) is 0. The third kappa shape index (κ3) is 5.73. The quantitative estimate of drug-likeness (QED) is 0.348. The van der Waals surface area contributed by atoms with Crippen molar-refractivity contribution in [2.75, 3.05) is 26.2 Å². The molecule has 1 aliphatic heterocycles. The first kappa shape index (κ1) is 23.7. The smallest absolute Gasteiger partial charge is 0.271 e. The third-order valence-electron chi connectivity index (χ3n) is 6.04. The minimum Gasteiger partial charge on any atom is -0.487 e. The number of amides is 1. The molecule has 0 saturated carbocycles. The van der Waals surface area contributed by atoms with Crippen LogP contribution in [0.4, 0.5) is 5.69 Å². The zero-order chi connectivity index (χ0) is 24.1. The van der Waals surface area contributed by atoms with E-state index in [1.165, 1.54) is 29.3 Å². The van der Waals surface area contributed by atoms with E-state index < -0.39 is 4.92 Å². The molecule has 1 heterocycles. The van der Waals surface area contributed by atoms with E-state index in [2.05, 4.69) is 36.1 Å². The second-order valence-corrected chi connectivity index (χ2v) is 8.76. The van der Waals surface area contributed by atoms with Gasteiger partial charge in [0.15, 0.2) is 0 Å². The van der Waals surface area contributed by atoms with Crippen LogP contribution in [-0.2, 0) is 13.2 Å². The predicted molar refractivity (Wildman–Crippen MR) is 131 cm³/mol. The Morgan fingerprint density at radius 3 is 2.38 bits per heavy atom. The number of aryl methyl sites for hydroxylation is 1. The summed E-state index contributed by atoms with van der Waals surface area (Å²) in [6.07, 6.45) is 0. The number of hydrogen-bond donors (Lipinski definition) is 0. The van der Waals surface area contributed by atoms with E-state index in [1.54, 1.807) is 12.1 Å². The highest BCUT2D eigenvalue weighted by Crippen LogP contribution is 2.29. The highest BCUT2D eigenvalue weighted by molar-refractivity contribution is 6.32. The molecule has 7 nitrogen and oxygen atoms in total. The van der Waals surface area contributed by atoms with Gasteiger partial charge in [0.1, 0.15) is 12.4 Å². The summed E-state index contributed by atoms with van der Waals surface area (Å²) in [6, 6.07) is 19.8. The van der Waals surface area contributed by atoms with Crippen LogP contribution in [-0.4, -0.2) is 46.8 Å². The summed E-state index contributed by atoms with van der Waals surface area (Å²) < 4.78 is 5.69. The van der Waals surface area contributed by atoms with Crippen molar-refractivity contribution in [2.24, 2.45) is 0 Å². The fourth-order valence-electron chi connectivity index (χ4n) is 3.95. The Bertz CT molecular complexity index is 1170. The maximum absolute atomic E-state index is 12.9. The van der Waals surface area contributed by atoms with Crippen molar-refractivity contribution in [2.45, 2.75) is 20.1 Å². The summed E-state index contributed by atoms with van der Waals surface area (Å²) >= 11 is 6.07. The lowest BCUT2D eigenvalue weighted by Gasteiger charge is -2.35. The van der Waals surface area contributed by atoms with Crippen molar-refractivity contribution in [3.63, 3.8) is 0 Å². The maximum atomic E-state index is 12.9. The van der Waals surface area contributed by atoms with Crippen LogP contribution in [0, 0.1) is 17.0 Å². The van der Waals surface area contributed by atoms with E-state index in [-0.39, 0.29) is 23.2 Å². The van der Waals surface area contributed by atoms with E-state index in [0.29, 0.717) is 24.4 Å². The number of piperazine rings is 1. The Morgan fingerprint density at radius 1 is 1.03 bits per heavy atom. The molecule has 1 aliphatic rings. The number of nitro benzene ring substituents is 1. The number of carbonyl (C=O) groups is 1. The number of carbonyl (C=O) groups excluding carboxylic acids is 1. The predicted octanol–water partition coefficient (Wildman–Crippen LogP) is 5.09. The van der Waals surface area contributed by atoms with Gasteiger partial charge in [0, 0.05) is 50.4 Å². The van der Waals surface area contributed by atoms with Crippen molar-refractivity contribution in [3.05, 3.63) is 104 Å². The third-order valence-corrected chi connectivity index (χ3v) is 6.33. The topological polar surface area (TPSA) is 75.9 Å². The van der Waals surface area contributed by atoms with Crippen LogP contribution in [0.2, 0.25) is 5.02 Å². The standard InChI is InChI=1S/C26H26ClN3O4/c1-19-4-2-3-5-22(19)17-28-12-14-29(15-13-28)26(31)21-8-6-20(7-9-21)18-34-25-11-10-23(30(32)33)16-24(25)27/h2-11,16H,12-15,17-18H2,1H3. The van der Waals surface area contributed by atoms with Crippen molar-refractivity contribution in [3.8, 4) is 5.75 Å². The molecule has 1 saturated heterocycles. The Balaban J connectivity index is 1.29.